The van der Waals surface area contributed by atoms with Crippen LogP contribution in [-0.2, 0) is 20.1 Å². The lowest BCUT2D eigenvalue weighted by atomic mass is 10.1. The molecule has 0 saturated heterocycles. The van der Waals surface area contributed by atoms with E-state index in [0.29, 0.717) is 78.1 Å². The second-order valence-corrected chi connectivity index (χ2v) is 17.3. The highest BCUT2D eigenvalue weighted by Crippen LogP contribution is 2.35. The summed E-state index contributed by atoms with van der Waals surface area (Å²) in [5.41, 5.74) is 4.55. The average molecular weight is 947 g/mol. The molecule has 11 aromatic rings. The van der Waals surface area contributed by atoms with Gasteiger partial charge in [-0.3, -0.25) is 24.1 Å². The number of carbonyl (C=O) groups excluding carboxylic acids is 2. The Morgan fingerprint density at radius 3 is 1.94 bits per heavy atom. The topological polar surface area (TPSA) is 164 Å². The van der Waals surface area contributed by atoms with Crippen LogP contribution in [0, 0.1) is 6.92 Å². The van der Waals surface area contributed by atoms with E-state index >= 15 is 4.79 Å². The van der Waals surface area contributed by atoms with Crippen molar-refractivity contribution in [3.05, 3.63) is 183 Å². The molecule has 16 nitrogen and oxygen atoms in total. The number of rotatable bonds is 11. The van der Waals surface area contributed by atoms with E-state index in [9.17, 15) is 14.4 Å². The Bertz CT molecular complexity index is 4010. The fraction of sp³-hybridized carbons (Fsp3) is 0.151. The van der Waals surface area contributed by atoms with Crippen LogP contribution in [0.1, 0.15) is 40.4 Å². The van der Waals surface area contributed by atoms with E-state index in [4.69, 9.17) is 26.9 Å². The number of nitrogens with zero attached hydrogens (tertiary/aromatic N) is 12. The summed E-state index contributed by atoms with van der Waals surface area (Å²) in [5.74, 6) is -0.550. The third-order valence-electron chi connectivity index (χ3n) is 12.9. The summed E-state index contributed by atoms with van der Waals surface area (Å²) in [5, 5.41) is 17.4. The van der Waals surface area contributed by atoms with E-state index in [1.165, 1.54) is 20.6 Å². The number of hydrogen-bond acceptors (Lipinski definition) is 9. The minimum Gasteiger partial charge on any atom is -0.339 e. The number of halogens is 1. The van der Waals surface area contributed by atoms with E-state index < -0.39 is 11.5 Å². The van der Waals surface area contributed by atoms with Crippen LogP contribution in [0.4, 0.5) is 11.5 Å². The number of anilines is 2. The van der Waals surface area contributed by atoms with Crippen molar-refractivity contribution >= 4 is 89.6 Å². The van der Waals surface area contributed by atoms with Gasteiger partial charge in [0.25, 0.3) is 22.9 Å². The van der Waals surface area contributed by atoms with Crippen LogP contribution >= 0.6 is 11.6 Å². The van der Waals surface area contributed by atoms with Crippen LogP contribution in [0.5, 0.6) is 0 Å². The van der Waals surface area contributed by atoms with Gasteiger partial charge in [0.1, 0.15) is 23.2 Å². The lowest BCUT2D eigenvalue weighted by Gasteiger charge is -2.21. The number of para-hydroxylation sites is 3. The smallest absolute Gasteiger partial charge is 0.296 e. The monoisotopic (exact) mass is 946 g/mol. The zero-order chi connectivity index (χ0) is 48.4. The van der Waals surface area contributed by atoms with E-state index in [1.807, 2.05) is 123 Å². The SMILES string of the molecule is CCN(C(=O)c1nn(-c2ccc(C)cc2)c(=O)c2c1c1cc(Cl)ccc1n2CCn1ncc2c(N(CC)C(=O)c3nn(-c4ccccc4)c(=O)c4c3c3ccccc3n4C)ncnc21)c1ccccc1. The maximum Gasteiger partial charge on any atom is 0.296 e. The maximum atomic E-state index is 15.1. The number of aryl methyl sites for hydroxylation is 4. The van der Waals surface area contributed by atoms with E-state index in [1.54, 1.807) is 56.7 Å². The van der Waals surface area contributed by atoms with Gasteiger partial charge in [-0.05, 0) is 81.4 Å². The predicted octanol–water partition coefficient (Wildman–Crippen LogP) is 8.67. The van der Waals surface area contributed by atoms with Crippen molar-refractivity contribution in [1.82, 2.24) is 48.4 Å². The summed E-state index contributed by atoms with van der Waals surface area (Å²) in [4.78, 5) is 71.6. The van der Waals surface area contributed by atoms with Gasteiger partial charge in [-0.2, -0.15) is 24.7 Å². The lowest BCUT2D eigenvalue weighted by molar-refractivity contribution is 0.0975. The van der Waals surface area contributed by atoms with Gasteiger partial charge < -0.3 is 14.0 Å². The lowest BCUT2D eigenvalue weighted by Crippen LogP contribution is -2.35. The summed E-state index contributed by atoms with van der Waals surface area (Å²) < 4.78 is 7.94. The molecular formula is C53H43ClN12O4. The first-order chi connectivity index (χ1) is 34.1. The van der Waals surface area contributed by atoms with Crippen LogP contribution in [0.3, 0.4) is 0 Å². The number of fused-ring (bicyclic) bond motifs is 7. The highest BCUT2D eigenvalue weighted by Gasteiger charge is 2.31. The third kappa shape index (κ3) is 7.02. The van der Waals surface area contributed by atoms with Gasteiger partial charge in [-0.25, -0.2) is 14.6 Å². The number of hydrogen-bond donors (Lipinski definition) is 0. The van der Waals surface area contributed by atoms with Gasteiger partial charge in [0, 0.05) is 70.0 Å². The Kier molecular flexibility index (Phi) is 10.9. The fourth-order valence-electron chi connectivity index (χ4n) is 9.55. The van der Waals surface area contributed by atoms with E-state index in [0.717, 1.165) is 11.1 Å². The van der Waals surface area contributed by atoms with E-state index in [2.05, 4.69) is 9.97 Å². The van der Waals surface area contributed by atoms with Crippen molar-refractivity contribution in [2.75, 3.05) is 22.9 Å². The van der Waals surface area contributed by atoms with Gasteiger partial charge >= 0.3 is 0 Å². The zero-order valence-electron chi connectivity index (χ0n) is 38.5. The summed E-state index contributed by atoms with van der Waals surface area (Å²) in [7, 11) is 1.81. The molecule has 0 atom stereocenters. The van der Waals surface area contributed by atoms with Gasteiger partial charge in [0.2, 0.25) is 0 Å². The molecule has 0 aliphatic heterocycles. The molecule has 6 heterocycles. The molecule has 11 rings (SSSR count). The quantitative estimate of drug-likeness (QED) is 0.123. The molecule has 70 heavy (non-hydrogen) atoms. The highest BCUT2D eigenvalue weighted by atomic mass is 35.5. The summed E-state index contributed by atoms with van der Waals surface area (Å²) in [6, 6.07) is 38.6. The van der Waals surface area contributed by atoms with Gasteiger partial charge in [-0.15, -0.1) is 0 Å². The Labute approximate surface area is 403 Å². The molecule has 0 saturated carbocycles. The minimum atomic E-state index is -0.469. The largest absolute Gasteiger partial charge is 0.339 e. The van der Waals surface area contributed by atoms with Gasteiger partial charge in [0.05, 0.1) is 29.5 Å². The molecule has 0 spiro atoms. The minimum absolute atomic E-state index is 0.0807. The molecule has 17 heteroatoms. The van der Waals surface area contributed by atoms with Crippen molar-refractivity contribution in [1.29, 1.82) is 0 Å². The molecule has 2 amide bonds. The first-order valence-corrected chi connectivity index (χ1v) is 23.2. The van der Waals surface area contributed by atoms with Gasteiger partial charge in [0.15, 0.2) is 17.0 Å². The molecule has 0 fully saturated rings. The highest BCUT2D eigenvalue weighted by molar-refractivity contribution is 6.32. The number of amides is 2. The molecule has 0 aliphatic rings. The summed E-state index contributed by atoms with van der Waals surface area (Å²) >= 11 is 6.68. The number of benzene rings is 5. The summed E-state index contributed by atoms with van der Waals surface area (Å²) in [6.45, 7) is 6.64. The maximum absolute atomic E-state index is 15.1. The van der Waals surface area contributed by atoms with Crippen molar-refractivity contribution in [3.8, 4) is 11.4 Å². The molecule has 6 aromatic heterocycles. The number of aromatic nitrogens is 10. The second-order valence-electron chi connectivity index (χ2n) is 16.9. The normalized spacial score (nSPS) is 11.7. The summed E-state index contributed by atoms with van der Waals surface area (Å²) in [6.07, 6.45) is 3.00. The third-order valence-corrected chi connectivity index (χ3v) is 13.1. The first-order valence-electron chi connectivity index (χ1n) is 22.8. The van der Waals surface area contributed by atoms with Crippen molar-refractivity contribution < 1.29 is 9.59 Å². The van der Waals surface area contributed by atoms with E-state index in [-0.39, 0.29) is 48.0 Å². The molecule has 346 valence electrons. The Balaban J connectivity index is 1.03. The Hall–Kier alpha value is -8.76. The first kappa shape index (κ1) is 43.8. The zero-order valence-corrected chi connectivity index (χ0v) is 39.2. The van der Waals surface area contributed by atoms with Crippen molar-refractivity contribution in [3.63, 3.8) is 0 Å². The Morgan fingerprint density at radius 1 is 0.629 bits per heavy atom. The van der Waals surface area contributed by atoms with Crippen molar-refractivity contribution in [2.45, 2.75) is 33.9 Å². The van der Waals surface area contributed by atoms with Crippen LogP contribution in [0.15, 0.2) is 150 Å². The molecule has 0 unspecified atom stereocenters. The molecule has 0 aliphatic carbocycles. The Morgan fingerprint density at radius 2 is 1.24 bits per heavy atom. The molecule has 5 aromatic carbocycles. The standard InChI is InChI=1S/C53H43ClN12O4/c1-5-61(34-15-9-7-10-16-34)50(67)45-43-38-29-33(54)23-26-41(38)63(47(43)53(70)66(59-45)36-24-21-32(3)22-25-36)27-28-64-49-39(30-57-64)48(55-31-56-49)62(6-2)51(68)44-42-37-19-13-14-20-40(37)60(4)46(42)52(69)65(58-44)35-17-11-8-12-18-35/h7-26,29-31H,5-6,27-28H2,1-4H3. The average Bonchev–Trinajstić information content (AvgIpc) is 4.05. The molecule has 0 radical (unpaired) electrons. The molecule has 0 bridgehead atoms. The van der Waals surface area contributed by atoms with Crippen LogP contribution in [-0.4, -0.2) is 73.3 Å². The van der Waals surface area contributed by atoms with Crippen LogP contribution in [0.2, 0.25) is 5.02 Å². The molecular weight excluding hydrogens is 904 g/mol. The predicted molar refractivity (Wildman–Crippen MR) is 273 cm³/mol. The van der Waals surface area contributed by atoms with Crippen LogP contribution < -0.4 is 20.9 Å². The molecule has 0 N–H and O–H groups in total. The number of carbonyl (C=O) groups is 2. The van der Waals surface area contributed by atoms with Crippen LogP contribution in [0.25, 0.3) is 66.0 Å². The fourth-order valence-corrected chi connectivity index (χ4v) is 9.72. The second kappa shape index (κ2) is 17.4. The van der Waals surface area contributed by atoms with Gasteiger partial charge in [-0.1, -0.05) is 83.9 Å². The van der Waals surface area contributed by atoms with Crippen molar-refractivity contribution in [2.24, 2.45) is 7.05 Å².